The maximum absolute atomic E-state index is 8.82. The van der Waals surface area contributed by atoms with Gasteiger partial charge in [0.15, 0.2) is 0 Å². The highest BCUT2D eigenvalue weighted by atomic mass is 15.1. The lowest BCUT2D eigenvalue weighted by molar-refractivity contribution is 0.792. The molecule has 0 bridgehead atoms. The van der Waals surface area contributed by atoms with Gasteiger partial charge >= 0.3 is 0 Å². The number of hydrogen-bond donors (Lipinski definition) is 1. The third-order valence-electron chi connectivity index (χ3n) is 2.17. The predicted octanol–water partition coefficient (Wildman–Crippen LogP) is 1.39. The fourth-order valence-corrected chi connectivity index (χ4v) is 1.41. The summed E-state index contributed by atoms with van der Waals surface area (Å²) in [6.07, 6.45) is 1.50. The molecule has 1 heterocycles. The molecule has 1 aromatic carbocycles. The summed E-state index contributed by atoms with van der Waals surface area (Å²) in [4.78, 5) is 3.91. The van der Waals surface area contributed by atoms with E-state index in [-0.39, 0.29) is 0 Å². The number of hydrogen-bond acceptors (Lipinski definition) is 3. The van der Waals surface area contributed by atoms with Crippen LogP contribution in [-0.2, 0) is 6.54 Å². The van der Waals surface area contributed by atoms with Gasteiger partial charge in [0, 0.05) is 0 Å². The largest absolute Gasteiger partial charge is 0.384 e. The minimum atomic E-state index is 0.344. The van der Waals surface area contributed by atoms with Gasteiger partial charge in [0.1, 0.15) is 11.9 Å². The highest BCUT2D eigenvalue weighted by Crippen LogP contribution is 2.10. The lowest BCUT2D eigenvalue weighted by Crippen LogP contribution is -2.06. The SMILES string of the molecule is N#Cc1ncc(N)n1Cc1ccccc1. The van der Waals surface area contributed by atoms with E-state index in [4.69, 9.17) is 11.0 Å². The third-order valence-corrected chi connectivity index (χ3v) is 2.17. The molecular weight excluding hydrogens is 188 g/mol. The van der Waals surface area contributed by atoms with E-state index >= 15 is 0 Å². The molecule has 4 heteroatoms. The zero-order valence-electron chi connectivity index (χ0n) is 8.09. The first-order valence-electron chi connectivity index (χ1n) is 4.56. The van der Waals surface area contributed by atoms with E-state index < -0.39 is 0 Å². The van der Waals surface area contributed by atoms with Crippen molar-refractivity contribution < 1.29 is 0 Å². The standard InChI is InChI=1S/C11H10N4/c12-6-11-14-7-10(13)15(11)8-9-4-2-1-3-5-9/h1-5,7H,8,13H2. The maximum atomic E-state index is 8.82. The fourth-order valence-electron chi connectivity index (χ4n) is 1.41. The van der Waals surface area contributed by atoms with Gasteiger partial charge in [-0.1, -0.05) is 30.3 Å². The Kier molecular flexibility index (Phi) is 2.38. The summed E-state index contributed by atoms with van der Waals surface area (Å²) in [5.41, 5.74) is 6.81. The summed E-state index contributed by atoms with van der Waals surface area (Å²) < 4.78 is 1.69. The van der Waals surface area contributed by atoms with Crippen molar-refractivity contribution in [3.05, 3.63) is 47.9 Å². The molecule has 74 valence electrons. The van der Waals surface area contributed by atoms with Crippen LogP contribution in [0.2, 0.25) is 0 Å². The molecule has 0 amide bonds. The second-order valence-electron chi connectivity index (χ2n) is 3.19. The molecule has 0 fully saturated rings. The van der Waals surface area contributed by atoms with Gasteiger partial charge in [0.25, 0.3) is 0 Å². The van der Waals surface area contributed by atoms with Crippen LogP contribution in [0.1, 0.15) is 11.4 Å². The molecule has 0 atom stereocenters. The van der Waals surface area contributed by atoms with Crippen LogP contribution in [-0.4, -0.2) is 9.55 Å². The van der Waals surface area contributed by atoms with Gasteiger partial charge in [-0.05, 0) is 5.56 Å². The zero-order chi connectivity index (χ0) is 10.7. The number of nitrogens with two attached hydrogens (primary N) is 1. The zero-order valence-corrected chi connectivity index (χ0v) is 8.09. The average Bonchev–Trinajstić information content (AvgIpc) is 2.62. The lowest BCUT2D eigenvalue weighted by Gasteiger charge is -2.05. The van der Waals surface area contributed by atoms with E-state index in [1.807, 2.05) is 36.4 Å². The molecule has 15 heavy (non-hydrogen) atoms. The summed E-state index contributed by atoms with van der Waals surface area (Å²) in [6.45, 7) is 0.579. The Morgan fingerprint density at radius 2 is 2.07 bits per heavy atom. The number of imidazole rings is 1. The van der Waals surface area contributed by atoms with E-state index in [9.17, 15) is 0 Å². The molecule has 0 radical (unpaired) electrons. The summed E-state index contributed by atoms with van der Waals surface area (Å²) in [6, 6.07) is 11.8. The Morgan fingerprint density at radius 1 is 1.33 bits per heavy atom. The molecule has 2 rings (SSSR count). The number of nitriles is 1. The Morgan fingerprint density at radius 3 is 2.73 bits per heavy atom. The predicted molar refractivity (Wildman–Crippen MR) is 56.9 cm³/mol. The summed E-state index contributed by atoms with van der Waals surface area (Å²) in [7, 11) is 0. The van der Waals surface area contributed by atoms with Crippen molar-refractivity contribution in [2.45, 2.75) is 6.54 Å². The molecule has 4 nitrogen and oxygen atoms in total. The number of rotatable bonds is 2. The van der Waals surface area contributed by atoms with Gasteiger partial charge in [-0.15, -0.1) is 0 Å². The van der Waals surface area contributed by atoms with Gasteiger partial charge in [0.2, 0.25) is 5.82 Å². The Hall–Kier alpha value is -2.28. The summed E-state index contributed by atoms with van der Waals surface area (Å²) >= 11 is 0. The first kappa shape index (κ1) is 9.28. The Bertz CT molecular complexity index is 493. The van der Waals surface area contributed by atoms with Crippen LogP contribution >= 0.6 is 0 Å². The molecule has 2 aromatic rings. The molecule has 0 aliphatic heterocycles. The van der Waals surface area contributed by atoms with Crippen LogP contribution in [0.4, 0.5) is 5.82 Å². The van der Waals surface area contributed by atoms with E-state index in [2.05, 4.69) is 4.98 Å². The number of nitrogens with zero attached hydrogens (tertiary/aromatic N) is 3. The monoisotopic (exact) mass is 198 g/mol. The van der Waals surface area contributed by atoms with E-state index in [0.717, 1.165) is 5.56 Å². The quantitative estimate of drug-likeness (QED) is 0.792. The minimum absolute atomic E-state index is 0.344. The molecule has 1 aromatic heterocycles. The van der Waals surface area contributed by atoms with Gasteiger partial charge in [-0.3, -0.25) is 4.57 Å². The Labute approximate surface area is 87.6 Å². The van der Waals surface area contributed by atoms with E-state index in [1.54, 1.807) is 4.57 Å². The van der Waals surface area contributed by atoms with Gasteiger partial charge in [0.05, 0.1) is 12.7 Å². The number of nitrogen functional groups attached to an aromatic ring is 1. The number of benzene rings is 1. The average molecular weight is 198 g/mol. The fraction of sp³-hybridized carbons (Fsp3) is 0.0909. The van der Waals surface area contributed by atoms with Crippen LogP contribution in [0.25, 0.3) is 0 Å². The van der Waals surface area contributed by atoms with Crippen LogP contribution < -0.4 is 5.73 Å². The van der Waals surface area contributed by atoms with Crippen molar-refractivity contribution >= 4 is 5.82 Å². The molecule has 0 unspecified atom stereocenters. The minimum Gasteiger partial charge on any atom is -0.384 e. The van der Waals surface area contributed by atoms with Gasteiger partial charge in [-0.25, -0.2) is 4.98 Å². The molecule has 0 saturated carbocycles. The van der Waals surface area contributed by atoms with E-state index in [0.29, 0.717) is 18.2 Å². The van der Waals surface area contributed by atoms with E-state index in [1.165, 1.54) is 6.20 Å². The first-order chi connectivity index (χ1) is 7.31. The van der Waals surface area contributed by atoms with Crippen LogP contribution in [0.3, 0.4) is 0 Å². The normalized spacial score (nSPS) is 9.80. The van der Waals surface area contributed by atoms with Crippen LogP contribution in [0, 0.1) is 11.3 Å². The third kappa shape index (κ3) is 1.81. The van der Waals surface area contributed by atoms with Crippen molar-refractivity contribution in [2.75, 3.05) is 5.73 Å². The second-order valence-corrected chi connectivity index (χ2v) is 3.19. The topological polar surface area (TPSA) is 67.6 Å². The van der Waals surface area contributed by atoms with Crippen molar-refractivity contribution in [3.8, 4) is 6.07 Å². The molecule has 0 spiro atoms. The van der Waals surface area contributed by atoms with Gasteiger partial charge in [-0.2, -0.15) is 5.26 Å². The molecule has 2 N–H and O–H groups in total. The highest BCUT2D eigenvalue weighted by Gasteiger charge is 2.06. The number of anilines is 1. The van der Waals surface area contributed by atoms with Crippen molar-refractivity contribution in [1.29, 1.82) is 5.26 Å². The summed E-state index contributed by atoms with van der Waals surface area (Å²) in [5.74, 6) is 0.853. The molecule has 0 aliphatic rings. The van der Waals surface area contributed by atoms with Crippen LogP contribution in [0.5, 0.6) is 0 Å². The van der Waals surface area contributed by atoms with Crippen LogP contribution in [0.15, 0.2) is 36.5 Å². The molecular formula is C11H10N4. The van der Waals surface area contributed by atoms with Crippen molar-refractivity contribution in [3.63, 3.8) is 0 Å². The highest BCUT2D eigenvalue weighted by molar-refractivity contribution is 5.34. The smallest absolute Gasteiger partial charge is 0.214 e. The summed E-state index contributed by atoms with van der Waals surface area (Å²) in [5, 5.41) is 8.82. The molecule has 0 aliphatic carbocycles. The Balaban J connectivity index is 2.33. The van der Waals surface area contributed by atoms with Crippen molar-refractivity contribution in [1.82, 2.24) is 9.55 Å². The maximum Gasteiger partial charge on any atom is 0.214 e. The first-order valence-corrected chi connectivity index (χ1v) is 4.56. The molecule has 0 saturated heterocycles. The van der Waals surface area contributed by atoms with Crippen molar-refractivity contribution in [2.24, 2.45) is 0 Å². The number of aromatic nitrogens is 2. The second kappa shape index (κ2) is 3.84. The lowest BCUT2D eigenvalue weighted by atomic mass is 10.2. The van der Waals surface area contributed by atoms with Gasteiger partial charge < -0.3 is 5.73 Å².